The van der Waals surface area contributed by atoms with Gasteiger partial charge in [-0.3, -0.25) is 4.79 Å². The number of pyridine rings is 1. The van der Waals surface area contributed by atoms with Crippen molar-refractivity contribution in [2.75, 3.05) is 19.4 Å². The molecule has 0 radical (unpaired) electrons. The van der Waals surface area contributed by atoms with Gasteiger partial charge < -0.3 is 15.4 Å². The third kappa shape index (κ3) is 4.17. The average Bonchev–Trinajstić information content (AvgIpc) is 3.08. The molecule has 2 N–H and O–H groups in total. The quantitative estimate of drug-likeness (QED) is 0.635. The summed E-state index contributed by atoms with van der Waals surface area (Å²) in [4.78, 5) is 18.0. The highest BCUT2D eigenvalue weighted by Gasteiger charge is 2.19. The van der Waals surface area contributed by atoms with E-state index in [2.05, 4.69) is 30.7 Å². The number of ether oxygens (including phenoxy) is 1. The second-order valence-electron chi connectivity index (χ2n) is 5.79. The van der Waals surface area contributed by atoms with Crippen molar-refractivity contribution >= 4 is 29.0 Å². The molecule has 0 bridgehead atoms. The number of aromatic nitrogens is 6. The van der Waals surface area contributed by atoms with Gasteiger partial charge in [-0.05, 0) is 13.0 Å². The molecule has 28 heavy (non-hydrogen) atoms. The molecule has 3 aromatic heterocycles. The summed E-state index contributed by atoms with van der Waals surface area (Å²) in [5.74, 6) is -0.0364. The fourth-order valence-electron chi connectivity index (χ4n) is 2.57. The lowest BCUT2D eigenvalue weighted by Gasteiger charge is -2.16. The molecule has 0 fully saturated rings. The maximum atomic E-state index is 12.1. The van der Waals surface area contributed by atoms with E-state index >= 15 is 0 Å². The van der Waals surface area contributed by atoms with E-state index in [9.17, 15) is 4.79 Å². The van der Waals surface area contributed by atoms with E-state index in [1.54, 1.807) is 26.2 Å². The number of nitrogens with one attached hydrogen (secondary N) is 2. The van der Waals surface area contributed by atoms with Crippen LogP contribution in [0.2, 0.25) is 5.15 Å². The van der Waals surface area contributed by atoms with Crippen LogP contribution in [0, 0.1) is 6.92 Å². The summed E-state index contributed by atoms with van der Waals surface area (Å²) in [6, 6.07) is 3.26. The largest absolute Gasteiger partial charge is 0.492 e. The zero-order valence-corrected chi connectivity index (χ0v) is 16.1. The zero-order valence-electron chi connectivity index (χ0n) is 18.3. The van der Waals surface area contributed by atoms with Crippen molar-refractivity contribution in [2.45, 2.75) is 13.3 Å². The van der Waals surface area contributed by atoms with Crippen LogP contribution < -0.4 is 15.4 Å². The fourth-order valence-corrected chi connectivity index (χ4v) is 2.72. The molecule has 1 amide bonds. The summed E-state index contributed by atoms with van der Waals surface area (Å²) >= 11 is 5.98. The topological polar surface area (TPSA) is 120 Å². The zero-order chi connectivity index (χ0) is 22.8. The Bertz CT molecular complexity index is 1120. The molecular formula is C17H19ClN8O2. The molecule has 3 aromatic rings. The molecule has 3 rings (SSSR count). The van der Waals surface area contributed by atoms with Crippen molar-refractivity contribution in [3.63, 3.8) is 0 Å². The number of nitrogens with zero attached hydrogens (tertiary/aromatic N) is 6. The van der Waals surface area contributed by atoms with Gasteiger partial charge in [0.2, 0.25) is 5.91 Å². The molecular weight excluding hydrogens is 384 g/mol. The van der Waals surface area contributed by atoms with E-state index < -0.39 is 12.9 Å². The van der Waals surface area contributed by atoms with Crippen LogP contribution in [0.5, 0.6) is 5.75 Å². The van der Waals surface area contributed by atoms with E-state index in [1.807, 2.05) is 5.32 Å². The number of anilines is 2. The van der Waals surface area contributed by atoms with Crippen LogP contribution in [0.15, 0.2) is 18.3 Å². The number of rotatable bonds is 6. The lowest BCUT2D eigenvalue weighted by Crippen LogP contribution is -2.21. The first-order valence-electron chi connectivity index (χ1n) is 9.58. The molecule has 146 valence electrons. The first-order valence-corrected chi connectivity index (χ1v) is 8.46. The number of halogens is 1. The molecule has 11 heteroatoms. The Kier molecular flexibility index (Phi) is 4.60. The number of amides is 1. The highest BCUT2D eigenvalue weighted by Crippen LogP contribution is 2.36. The second kappa shape index (κ2) is 8.17. The highest BCUT2D eigenvalue weighted by atomic mass is 35.5. The molecule has 0 saturated heterocycles. The third-order valence-corrected chi connectivity index (χ3v) is 3.93. The first kappa shape index (κ1) is 15.8. The van der Waals surface area contributed by atoms with Crippen molar-refractivity contribution < 1.29 is 13.6 Å². The lowest BCUT2D eigenvalue weighted by atomic mass is 10.1. The highest BCUT2D eigenvalue weighted by molar-refractivity contribution is 6.29. The van der Waals surface area contributed by atoms with E-state index in [0.717, 1.165) is 0 Å². The summed E-state index contributed by atoms with van der Waals surface area (Å²) in [5, 5.41) is 21.1. The minimum Gasteiger partial charge on any atom is -0.492 e. The number of aryl methyl sites for hydroxylation is 2. The molecule has 0 aliphatic carbocycles. The van der Waals surface area contributed by atoms with Gasteiger partial charge >= 0.3 is 0 Å². The smallest absolute Gasteiger partial charge is 0.225 e. The Morgan fingerprint density at radius 1 is 1.39 bits per heavy atom. The van der Waals surface area contributed by atoms with Gasteiger partial charge in [-0.25, -0.2) is 4.98 Å². The van der Waals surface area contributed by atoms with E-state index in [-0.39, 0.29) is 17.3 Å². The molecule has 0 aliphatic rings. The van der Waals surface area contributed by atoms with Gasteiger partial charge in [-0.2, -0.15) is 20.1 Å². The van der Waals surface area contributed by atoms with Crippen LogP contribution in [0.1, 0.15) is 15.5 Å². The van der Waals surface area contributed by atoms with E-state index in [4.69, 9.17) is 20.5 Å². The van der Waals surface area contributed by atoms with Gasteiger partial charge in [0.25, 0.3) is 0 Å². The minimum absolute atomic E-state index is 0.0725. The summed E-state index contributed by atoms with van der Waals surface area (Å²) in [6.07, 6.45) is 1.26. The van der Waals surface area contributed by atoms with Crippen LogP contribution in [0.3, 0.4) is 0 Å². The van der Waals surface area contributed by atoms with Crippen LogP contribution in [-0.2, 0) is 18.3 Å². The number of likely N-dealkylation sites (N-methyl/N-ethyl adjacent to an activating group) is 1. The molecule has 3 heterocycles. The Labute approximate surface area is 170 Å². The van der Waals surface area contributed by atoms with Crippen LogP contribution in [0.25, 0.3) is 11.3 Å². The predicted molar refractivity (Wildman–Crippen MR) is 104 cm³/mol. The summed E-state index contributed by atoms with van der Waals surface area (Å²) in [5.41, 5.74) is 2.40. The van der Waals surface area contributed by atoms with Gasteiger partial charge in [0.15, 0.2) is 16.7 Å². The standard InChI is InChI=1S/C17H19ClN8O2/c1-9-5-10(13-8-20-26(3)25-13)16(28-4)17(21-9)22-11-6-14(18)24-23-12(11)7-15(27)19-2/h5-6,8H,7H2,1-4H3,(H,19,27)(H,21,22,24)/i2D3. The van der Waals surface area contributed by atoms with Crippen molar-refractivity contribution in [3.05, 3.63) is 34.9 Å². The van der Waals surface area contributed by atoms with Crippen molar-refractivity contribution in [1.82, 2.24) is 35.5 Å². The number of carbonyl (C=O) groups excluding carboxylic acids is 1. The molecule has 0 saturated carbocycles. The van der Waals surface area contributed by atoms with Crippen molar-refractivity contribution in [2.24, 2.45) is 7.05 Å². The van der Waals surface area contributed by atoms with Crippen LogP contribution >= 0.6 is 11.6 Å². The summed E-state index contributed by atoms with van der Waals surface area (Å²) in [6.45, 7) is -0.815. The van der Waals surface area contributed by atoms with Crippen LogP contribution in [0.4, 0.5) is 11.5 Å². The maximum absolute atomic E-state index is 12.1. The van der Waals surface area contributed by atoms with Gasteiger partial charge in [0.1, 0.15) is 5.69 Å². The molecule has 0 aromatic carbocycles. The van der Waals surface area contributed by atoms with Gasteiger partial charge in [-0.15, -0.1) is 5.10 Å². The fraction of sp³-hybridized carbons (Fsp3) is 0.294. The maximum Gasteiger partial charge on any atom is 0.225 e. The lowest BCUT2D eigenvalue weighted by molar-refractivity contribution is -0.120. The number of carbonyl (C=O) groups is 1. The van der Waals surface area contributed by atoms with Crippen molar-refractivity contribution in [1.29, 1.82) is 0 Å². The molecule has 0 spiro atoms. The first-order chi connectivity index (χ1) is 14.6. The Balaban J connectivity index is 2.00. The van der Waals surface area contributed by atoms with Gasteiger partial charge in [0, 0.05) is 29.9 Å². The molecule has 10 nitrogen and oxygen atoms in total. The monoisotopic (exact) mass is 405 g/mol. The molecule has 0 aliphatic heterocycles. The summed E-state index contributed by atoms with van der Waals surface area (Å²) < 4.78 is 27.1. The second-order valence-corrected chi connectivity index (χ2v) is 6.18. The van der Waals surface area contributed by atoms with Crippen LogP contribution in [-0.4, -0.2) is 50.2 Å². The Morgan fingerprint density at radius 2 is 2.21 bits per heavy atom. The minimum atomic E-state index is -2.61. The number of hydrogen-bond donors (Lipinski definition) is 2. The van der Waals surface area contributed by atoms with E-state index in [1.165, 1.54) is 18.0 Å². The number of methoxy groups -OCH3 is 1. The predicted octanol–water partition coefficient (Wildman–Crippen LogP) is 1.67. The SMILES string of the molecule is [2H]C([2H])([2H])NC(=O)Cc1nnc(Cl)cc1Nc1nc(C)cc(-c2cnn(C)n2)c1OC. The van der Waals surface area contributed by atoms with Crippen molar-refractivity contribution in [3.8, 4) is 17.0 Å². The van der Waals surface area contributed by atoms with Gasteiger partial charge in [0.05, 0.1) is 36.7 Å². The van der Waals surface area contributed by atoms with E-state index in [0.29, 0.717) is 34.2 Å². The summed E-state index contributed by atoms with van der Waals surface area (Å²) in [7, 11) is 3.18. The van der Waals surface area contributed by atoms with Gasteiger partial charge in [-0.1, -0.05) is 11.6 Å². The Morgan fingerprint density at radius 3 is 2.89 bits per heavy atom. The average molecular weight is 406 g/mol. The molecule has 0 atom stereocenters. The number of hydrogen-bond acceptors (Lipinski definition) is 8. The normalized spacial score (nSPS) is 12.6. The Hall–Kier alpha value is -3.27. The molecule has 0 unspecified atom stereocenters. The third-order valence-electron chi connectivity index (χ3n) is 3.74.